The number of hydrogen-bond acceptors (Lipinski definition) is 2. The molecule has 0 unspecified atom stereocenters. The number of aromatic nitrogens is 1. The van der Waals surface area contributed by atoms with Crippen LogP contribution >= 0.6 is 0 Å². The quantitative estimate of drug-likeness (QED) is 0.571. The number of nitriles is 1. The molecule has 1 rings (SSSR count). The largest absolute Gasteiger partial charge is 0.259 e. The van der Waals surface area contributed by atoms with Gasteiger partial charge in [0.05, 0.1) is 17.3 Å². The van der Waals surface area contributed by atoms with Gasteiger partial charge in [0.15, 0.2) is 0 Å². The minimum Gasteiger partial charge on any atom is -0.259 e. The van der Waals surface area contributed by atoms with Crippen LogP contribution < -0.4 is 0 Å². The summed E-state index contributed by atoms with van der Waals surface area (Å²) in [5.41, 5.74) is 0.903. The number of nitrogens with zero attached hydrogens (tertiary/aromatic N) is 2. The summed E-state index contributed by atoms with van der Waals surface area (Å²) in [5, 5.41) is 18.6. The number of pyridine rings is 1. The van der Waals surface area contributed by atoms with E-state index < -0.39 is 0 Å². The molecule has 1 heterocycles. The van der Waals surface area contributed by atoms with E-state index in [9.17, 15) is 5.11 Å². The number of rotatable bonds is 1. The molecule has 1 aromatic rings. The van der Waals surface area contributed by atoms with Gasteiger partial charge in [0.2, 0.25) is 0 Å². The highest BCUT2D eigenvalue weighted by molar-refractivity contribution is 5.28. The highest BCUT2D eigenvalue weighted by atomic mass is 16.3. The summed E-state index contributed by atoms with van der Waals surface area (Å²) in [7, 11) is 0. The first kappa shape index (κ1) is 6.72. The fraction of sp³-hybridized carbons (Fsp3) is 0.143. The highest BCUT2D eigenvalue weighted by Gasteiger charge is 1.93. The molecule has 3 nitrogen and oxygen atoms in total. The van der Waals surface area contributed by atoms with Crippen molar-refractivity contribution in [3.63, 3.8) is 0 Å². The van der Waals surface area contributed by atoms with E-state index >= 15 is 0 Å². The third-order valence-corrected chi connectivity index (χ3v) is 1.09. The summed E-state index contributed by atoms with van der Waals surface area (Å²) in [6, 6.07) is 4.98. The molecule has 1 radical (unpaired) electrons. The zero-order valence-electron chi connectivity index (χ0n) is 5.24. The lowest BCUT2D eigenvalue weighted by molar-refractivity contribution is 0.174. The fourth-order valence-corrected chi connectivity index (χ4v) is 0.627. The summed E-state index contributed by atoms with van der Waals surface area (Å²) in [6.45, 7) is -0.366. The van der Waals surface area contributed by atoms with Gasteiger partial charge in [-0.05, 0) is 12.1 Å². The highest BCUT2D eigenvalue weighted by Crippen LogP contribution is 1.98. The van der Waals surface area contributed by atoms with Crippen LogP contribution in [-0.2, 0) is 11.7 Å². The molecule has 49 valence electrons. The summed E-state index contributed by atoms with van der Waals surface area (Å²) in [6.07, 6.45) is 1.46. The second-order valence-electron chi connectivity index (χ2n) is 1.79. The van der Waals surface area contributed by atoms with Crippen LogP contribution in [0.5, 0.6) is 0 Å². The zero-order valence-corrected chi connectivity index (χ0v) is 5.24. The van der Waals surface area contributed by atoms with Crippen molar-refractivity contribution < 1.29 is 5.11 Å². The van der Waals surface area contributed by atoms with E-state index in [1.54, 1.807) is 6.07 Å². The minimum absolute atomic E-state index is 0.366. The number of hydrogen-bond donors (Lipinski definition) is 0. The Bertz CT molecular complexity index is 265. The van der Waals surface area contributed by atoms with Crippen LogP contribution in [-0.4, -0.2) is 4.98 Å². The molecule has 0 fully saturated rings. The van der Waals surface area contributed by atoms with Gasteiger partial charge in [-0.2, -0.15) is 5.26 Å². The lowest BCUT2D eigenvalue weighted by atomic mass is 10.2. The van der Waals surface area contributed by atoms with Crippen LogP contribution in [0, 0.1) is 11.3 Å². The molecule has 0 aliphatic heterocycles. The molecule has 0 saturated carbocycles. The molecule has 0 saturated heterocycles. The predicted octanol–water partition coefficient (Wildman–Crippen LogP) is 0.884. The van der Waals surface area contributed by atoms with Crippen molar-refractivity contribution in [2.45, 2.75) is 6.61 Å². The molecule has 0 aliphatic carbocycles. The van der Waals surface area contributed by atoms with Crippen LogP contribution in [0.1, 0.15) is 11.3 Å². The van der Waals surface area contributed by atoms with E-state index in [0.29, 0.717) is 11.3 Å². The summed E-state index contributed by atoms with van der Waals surface area (Å²) < 4.78 is 0. The lowest BCUT2D eigenvalue weighted by Crippen LogP contribution is -1.87. The monoisotopic (exact) mass is 133 g/mol. The molecule has 1 aromatic heterocycles. The van der Waals surface area contributed by atoms with Gasteiger partial charge in [-0.25, -0.2) is 5.11 Å². The molecule has 0 aliphatic rings. The SMILES string of the molecule is N#Cc1ccnc(C[O])c1. The average Bonchev–Trinajstić information content (AvgIpc) is 2.05. The van der Waals surface area contributed by atoms with Crippen LogP contribution in [0.4, 0.5) is 0 Å². The van der Waals surface area contributed by atoms with Crippen molar-refractivity contribution >= 4 is 0 Å². The van der Waals surface area contributed by atoms with Crippen LogP contribution in [0.15, 0.2) is 18.3 Å². The van der Waals surface area contributed by atoms with Gasteiger partial charge in [0, 0.05) is 6.20 Å². The van der Waals surface area contributed by atoms with E-state index in [1.165, 1.54) is 12.3 Å². The van der Waals surface area contributed by atoms with Crippen molar-refractivity contribution in [1.82, 2.24) is 4.98 Å². The Morgan fingerprint density at radius 2 is 2.50 bits per heavy atom. The maximum atomic E-state index is 10.2. The second kappa shape index (κ2) is 2.95. The lowest BCUT2D eigenvalue weighted by Gasteiger charge is -1.90. The smallest absolute Gasteiger partial charge is 0.124 e. The van der Waals surface area contributed by atoms with E-state index in [4.69, 9.17) is 5.26 Å². The van der Waals surface area contributed by atoms with Gasteiger partial charge in [0.25, 0.3) is 0 Å². The fourth-order valence-electron chi connectivity index (χ4n) is 0.627. The first-order valence-corrected chi connectivity index (χ1v) is 2.80. The normalized spacial score (nSPS) is 8.80. The second-order valence-corrected chi connectivity index (χ2v) is 1.79. The minimum atomic E-state index is -0.366. The Labute approximate surface area is 58.6 Å². The molecule has 0 aromatic carbocycles. The van der Waals surface area contributed by atoms with E-state index in [0.717, 1.165) is 0 Å². The Morgan fingerprint density at radius 3 is 3.10 bits per heavy atom. The maximum absolute atomic E-state index is 10.2. The van der Waals surface area contributed by atoms with Gasteiger partial charge in [-0.15, -0.1) is 0 Å². The topological polar surface area (TPSA) is 56.6 Å². The van der Waals surface area contributed by atoms with Gasteiger partial charge < -0.3 is 0 Å². The first-order chi connectivity index (χ1) is 4.86. The molecular formula is C7H5N2O. The van der Waals surface area contributed by atoms with Gasteiger partial charge in [-0.1, -0.05) is 0 Å². The van der Waals surface area contributed by atoms with Crippen molar-refractivity contribution in [3.8, 4) is 6.07 Å². The Balaban J connectivity index is 3.01. The van der Waals surface area contributed by atoms with Gasteiger partial charge in [0.1, 0.15) is 6.61 Å². The Morgan fingerprint density at radius 1 is 1.70 bits per heavy atom. The summed E-state index contributed by atoms with van der Waals surface area (Å²) >= 11 is 0. The maximum Gasteiger partial charge on any atom is 0.124 e. The van der Waals surface area contributed by atoms with Gasteiger partial charge in [-0.3, -0.25) is 4.98 Å². The molecule has 10 heavy (non-hydrogen) atoms. The van der Waals surface area contributed by atoms with E-state index in [-0.39, 0.29) is 6.61 Å². The van der Waals surface area contributed by atoms with E-state index in [1.807, 2.05) is 6.07 Å². The van der Waals surface area contributed by atoms with Crippen molar-refractivity contribution in [3.05, 3.63) is 29.6 Å². The third kappa shape index (κ3) is 1.30. The summed E-state index contributed by atoms with van der Waals surface area (Å²) in [5.74, 6) is 0. The Kier molecular flexibility index (Phi) is 1.98. The predicted molar refractivity (Wildman–Crippen MR) is 33.3 cm³/mol. The Hall–Kier alpha value is -1.40. The molecular weight excluding hydrogens is 128 g/mol. The van der Waals surface area contributed by atoms with Crippen molar-refractivity contribution in [2.75, 3.05) is 0 Å². The third-order valence-electron chi connectivity index (χ3n) is 1.09. The molecule has 0 N–H and O–H groups in total. The van der Waals surface area contributed by atoms with Gasteiger partial charge >= 0.3 is 0 Å². The molecule has 0 atom stereocenters. The molecule has 0 bridgehead atoms. The van der Waals surface area contributed by atoms with Crippen molar-refractivity contribution in [2.24, 2.45) is 0 Å². The van der Waals surface area contributed by atoms with Crippen LogP contribution in [0.3, 0.4) is 0 Å². The molecule has 3 heteroatoms. The molecule has 0 spiro atoms. The standard InChI is InChI=1S/C7H5N2O/c8-4-6-1-2-9-7(3-6)5-10/h1-3H,5H2. The van der Waals surface area contributed by atoms with Crippen LogP contribution in [0.25, 0.3) is 0 Å². The zero-order chi connectivity index (χ0) is 7.40. The van der Waals surface area contributed by atoms with Crippen molar-refractivity contribution in [1.29, 1.82) is 5.26 Å². The first-order valence-electron chi connectivity index (χ1n) is 2.80. The summed E-state index contributed by atoms with van der Waals surface area (Å²) in [4.78, 5) is 3.74. The average molecular weight is 133 g/mol. The van der Waals surface area contributed by atoms with Crippen LogP contribution in [0.2, 0.25) is 0 Å². The van der Waals surface area contributed by atoms with E-state index in [2.05, 4.69) is 4.98 Å². The molecule has 0 amide bonds.